The molecule has 0 aromatic heterocycles. The van der Waals surface area contributed by atoms with Gasteiger partial charge in [-0.3, -0.25) is 24.9 Å². The molecule has 0 saturated carbocycles. The second kappa shape index (κ2) is 21.0. The van der Waals surface area contributed by atoms with Gasteiger partial charge in [-0.25, -0.2) is 0 Å². The molecule has 0 amide bonds. The Bertz CT molecular complexity index is 1530. The average Bonchev–Trinajstić information content (AvgIpc) is 3.15. The molecule has 3 unspecified atom stereocenters. The van der Waals surface area contributed by atoms with Crippen LogP contribution in [0.2, 0.25) is 11.1 Å². The summed E-state index contributed by atoms with van der Waals surface area (Å²) in [6, 6.07) is 27.9. The Balaban J connectivity index is 1.63. The van der Waals surface area contributed by atoms with Crippen LogP contribution in [-0.4, -0.2) is 108 Å². The predicted octanol–water partition coefficient (Wildman–Crippen LogP) is 8.48. The number of hydrogen-bond donors (Lipinski definition) is 0. The number of ether oxygens (including phenoxy) is 1. The van der Waals surface area contributed by atoms with E-state index < -0.39 is 8.56 Å². The fourth-order valence-corrected chi connectivity index (χ4v) is 11.2. The molecule has 290 valence electrons. The molecule has 0 spiro atoms. The van der Waals surface area contributed by atoms with Gasteiger partial charge in [0.05, 0.1) is 42.9 Å². The van der Waals surface area contributed by atoms with Crippen molar-refractivity contribution in [2.24, 2.45) is 4.99 Å². The molecule has 1 saturated heterocycles. The Morgan fingerprint density at radius 3 is 1.79 bits per heavy atom. The van der Waals surface area contributed by atoms with Crippen molar-refractivity contribution in [3.8, 4) is 0 Å². The fraction of sp³-hybridized carbons (Fsp3) is 0.548. The molecule has 10 nitrogen and oxygen atoms in total. The first-order valence-electron chi connectivity index (χ1n) is 19.3. The van der Waals surface area contributed by atoms with Crippen LogP contribution < -0.4 is 0 Å². The lowest BCUT2D eigenvalue weighted by atomic mass is 9.99. The average molecular weight is 746 g/mol. The quantitative estimate of drug-likeness (QED) is 0.0464. The normalized spacial score (nSPS) is 16.4. The predicted molar refractivity (Wildman–Crippen MR) is 218 cm³/mol. The van der Waals surface area contributed by atoms with Crippen LogP contribution in [0.15, 0.2) is 89.9 Å². The van der Waals surface area contributed by atoms with Crippen LogP contribution in [0.25, 0.3) is 0 Å². The highest BCUT2D eigenvalue weighted by Gasteiger charge is 2.49. The SMILES string of the molecule is C/C(=N/CCN1CCOCC1)C(c1ccc([N+](=O)[O-])cc1)N(C)CCC(O[Si](OC(CCN(C)C)c1ccccc1)(C(C)C)C(C)C)c1ccccc1. The number of nitro benzene ring substituents is 1. The molecule has 1 fully saturated rings. The molecular weight excluding hydrogens is 683 g/mol. The van der Waals surface area contributed by atoms with E-state index in [9.17, 15) is 10.1 Å². The molecule has 1 heterocycles. The third kappa shape index (κ3) is 12.4. The third-order valence-corrected chi connectivity index (χ3v) is 14.8. The molecule has 0 radical (unpaired) electrons. The van der Waals surface area contributed by atoms with E-state index in [1.807, 2.05) is 18.2 Å². The second-order valence-corrected chi connectivity index (χ2v) is 19.4. The second-order valence-electron chi connectivity index (χ2n) is 15.2. The molecule has 0 bridgehead atoms. The van der Waals surface area contributed by atoms with Crippen molar-refractivity contribution in [3.63, 3.8) is 0 Å². The van der Waals surface area contributed by atoms with E-state index in [2.05, 4.69) is 125 Å². The minimum absolute atomic E-state index is 0.0812. The minimum Gasteiger partial charge on any atom is -0.387 e. The van der Waals surface area contributed by atoms with Gasteiger partial charge < -0.3 is 18.5 Å². The standard InChI is InChI=1S/C42H63N5O5Si/c1-33(2)53(34(3)4,51-40(23-26-44(6)7)36-15-11-9-12-16-36)52-41(37-17-13-10-14-18-37)24-27-45(8)42(38-19-21-39(22-20-38)47(48)49)35(5)43-25-28-46-29-31-50-32-30-46/h9-22,33-34,40-42H,23-32H2,1-8H3/b43-35-. The van der Waals surface area contributed by atoms with Crippen molar-refractivity contribution in [1.29, 1.82) is 0 Å². The lowest BCUT2D eigenvalue weighted by molar-refractivity contribution is -0.384. The van der Waals surface area contributed by atoms with Crippen LogP contribution in [0.4, 0.5) is 5.69 Å². The molecule has 1 aliphatic heterocycles. The van der Waals surface area contributed by atoms with Gasteiger partial charge in [-0.15, -0.1) is 0 Å². The summed E-state index contributed by atoms with van der Waals surface area (Å²) in [6.45, 7) is 17.6. The van der Waals surface area contributed by atoms with Crippen LogP contribution in [-0.2, 0) is 13.6 Å². The zero-order valence-electron chi connectivity index (χ0n) is 33.3. The largest absolute Gasteiger partial charge is 0.387 e. The van der Waals surface area contributed by atoms with E-state index in [0.29, 0.717) is 13.1 Å². The zero-order chi connectivity index (χ0) is 38.4. The molecular formula is C42H63N5O5Si. The Labute approximate surface area is 319 Å². The molecule has 0 N–H and O–H groups in total. The van der Waals surface area contributed by atoms with Crippen LogP contribution in [0.1, 0.15) is 82.4 Å². The van der Waals surface area contributed by atoms with Gasteiger partial charge in [-0.05, 0) is 68.7 Å². The lowest BCUT2D eigenvalue weighted by Crippen LogP contribution is -2.50. The topological polar surface area (TPSA) is 92.9 Å². The smallest absolute Gasteiger partial charge is 0.344 e. The summed E-state index contributed by atoms with van der Waals surface area (Å²) < 4.78 is 20.5. The molecule has 4 rings (SSSR count). The number of nitrogens with zero attached hydrogens (tertiary/aromatic N) is 5. The van der Waals surface area contributed by atoms with E-state index >= 15 is 0 Å². The Kier molecular flexibility index (Phi) is 16.8. The number of benzene rings is 3. The van der Waals surface area contributed by atoms with Gasteiger partial charge in [0.1, 0.15) is 0 Å². The summed E-state index contributed by atoms with van der Waals surface area (Å²) in [5.74, 6) is 0. The summed E-state index contributed by atoms with van der Waals surface area (Å²) in [5, 5.41) is 11.5. The number of morpholine rings is 1. The number of non-ortho nitro benzene ring substituents is 1. The molecule has 11 heteroatoms. The van der Waals surface area contributed by atoms with Crippen LogP contribution in [0, 0.1) is 10.1 Å². The molecule has 53 heavy (non-hydrogen) atoms. The van der Waals surface area contributed by atoms with Crippen molar-refractivity contribution >= 4 is 20.0 Å². The van der Waals surface area contributed by atoms with E-state index in [1.54, 1.807) is 12.1 Å². The Morgan fingerprint density at radius 1 is 0.811 bits per heavy atom. The summed E-state index contributed by atoms with van der Waals surface area (Å²) in [4.78, 5) is 23.1. The van der Waals surface area contributed by atoms with Crippen molar-refractivity contribution < 1.29 is 18.5 Å². The van der Waals surface area contributed by atoms with E-state index in [-0.39, 0.29) is 39.9 Å². The van der Waals surface area contributed by atoms with Gasteiger partial charge in [0.15, 0.2) is 0 Å². The number of nitro groups is 1. The summed E-state index contributed by atoms with van der Waals surface area (Å²) >= 11 is 0. The Morgan fingerprint density at radius 2 is 1.32 bits per heavy atom. The zero-order valence-corrected chi connectivity index (χ0v) is 34.3. The third-order valence-electron chi connectivity index (χ3n) is 10.3. The van der Waals surface area contributed by atoms with E-state index in [0.717, 1.165) is 69.1 Å². The van der Waals surface area contributed by atoms with Crippen LogP contribution >= 0.6 is 0 Å². The molecule has 1 aliphatic rings. The lowest BCUT2D eigenvalue weighted by Gasteiger charge is -2.43. The summed E-state index contributed by atoms with van der Waals surface area (Å²) in [5.41, 5.74) is 4.76. The first-order chi connectivity index (χ1) is 25.4. The van der Waals surface area contributed by atoms with E-state index in [4.69, 9.17) is 18.6 Å². The van der Waals surface area contributed by atoms with Gasteiger partial charge in [0.2, 0.25) is 0 Å². The first kappa shape index (κ1) is 42.4. The highest BCUT2D eigenvalue weighted by molar-refractivity contribution is 6.70. The molecule has 3 aromatic carbocycles. The van der Waals surface area contributed by atoms with Crippen molar-refractivity contribution in [2.75, 3.05) is 73.6 Å². The maximum absolute atomic E-state index is 11.5. The first-order valence-corrected chi connectivity index (χ1v) is 21.2. The minimum atomic E-state index is -2.89. The summed E-state index contributed by atoms with van der Waals surface area (Å²) in [6.07, 6.45) is 1.32. The van der Waals surface area contributed by atoms with Gasteiger partial charge in [0.25, 0.3) is 5.69 Å². The Hall–Kier alpha value is -3.29. The van der Waals surface area contributed by atoms with E-state index in [1.165, 1.54) is 5.56 Å². The molecule has 0 aliphatic carbocycles. The number of rotatable bonds is 21. The van der Waals surface area contributed by atoms with Gasteiger partial charge in [-0.1, -0.05) is 100 Å². The van der Waals surface area contributed by atoms with Gasteiger partial charge >= 0.3 is 8.56 Å². The summed E-state index contributed by atoms with van der Waals surface area (Å²) in [7, 11) is 3.45. The monoisotopic (exact) mass is 745 g/mol. The van der Waals surface area contributed by atoms with Crippen LogP contribution in [0.5, 0.6) is 0 Å². The maximum atomic E-state index is 11.5. The highest BCUT2D eigenvalue weighted by atomic mass is 28.4. The maximum Gasteiger partial charge on any atom is 0.344 e. The van der Waals surface area contributed by atoms with Gasteiger partial charge in [-0.2, -0.15) is 0 Å². The van der Waals surface area contributed by atoms with Crippen molar-refractivity contribution in [2.45, 2.75) is 76.8 Å². The number of hydrogen-bond acceptors (Lipinski definition) is 9. The molecule has 3 atom stereocenters. The van der Waals surface area contributed by atoms with Gasteiger partial charge in [0, 0.05) is 50.6 Å². The van der Waals surface area contributed by atoms with Crippen molar-refractivity contribution in [1.82, 2.24) is 14.7 Å². The fourth-order valence-electron chi connectivity index (χ4n) is 7.30. The molecule has 3 aromatic rings. The highest BCUT2D eigenvalue weighted by Crippen LogP contribution is 2.43. The number of aliphatic imine (C=N–C) groups is 1. The van der Waals surface area contributed by atoms with Crippen molar-refractivity contribution in [3.05, 3.63) is 112 Å². The van der Waals surface area contributed by atoms with Crippen LogP contribution in [0.3, 0.4) is 0 Å².